The normalized spacial score (nSPS) is 13.3. The average molecular weight is 839 g/mol. The second-order valence-electron chi connectivity index (χ2n) is 17.9. The quantitative estimate of drug-likeness (QED) is 0.0355. The lowest BCUT2D eigenvalue weighted by Gasteiger charge is -2.39. The highest BCUT2D eigenvalue weighted by Crippen LogP contribution is 2.22. The van der Waals surface area contributed by atoms with E-state index in [1.54, 1.807) is 0 Å². The minimum absolute atomic E-state index is 0.0503. The summed E-state index contributed by atoms with van der Waals surface area (Å²) in [6.07, 6.45) is 37.9. The van der Waals surface area contributed by atoms with E-state index in [0.717, 1.165) is 58.0 Å². The zero-order chi connectivity index (χ0) is 43.4. The molecular formula is C51H102N2O6. The van der Waals surface area contributed by atoms with Gasteiger partial charge in [0.2, 0.25) is 0 Å². The van der Waals surface area contributed by atoms with Crippen molar-refractivity contribution in [2.45, 2.75) is 253 Å². The fourth-order valence-corrected chi connectivity index (χ4v) is 8.68. The van der Waals surface area contributed by atoms with Crippen LogP contribution < -0.4 is 0 Å². The summed E-state index contributed by atoms with van der Waals surface area (Å²) >= 11 is 0. The smallest absolute Gasteiger partial charge is 0.305 e. The Labute approximate surface area is 367 Å². The molecular weight excluding hydrogens is 737 g/mol. The van der Waals surface area contributed by atoms with E-state index in [0.29, 0.717) is 51.0 Å². The number of carbonyl (C=O) groups is 2. The number of hydrogen-bond acceptors (Lipinski definition) is 8. The molecule has 0 aliphatic carbocycles. The van der Waals surface area contributed by atoms with Crippen LogP contribution in [0, 0.1) is 11.8 Å². The first-order valence-electron chi connectivity index (χ1n) is 25.9. The maximum atomic E-state index is 12.8. The van der Waals surface area contributed by atoms with Crippen LogP contribution in [0.2, 0.25) is 0 Å². The molecule has 0 saturated carbocycles. The molecule has 8 nitrogen and oxygen atoms in total. The number of carbonyl (C=O) groups excluding carboxylic acids is 2. The molecule has 59 heavy (non-hydrogen) atoms. The van der Waals surface area contributed by atoms with Crippen molar-refractivity contribution >= 4 is 11.9 Å². The second-order valence-corrected chi connectivity index (χ2v) is 17.9. The van der Waals surface area contributed by atoms with Crippen LogP contribution in [0.4, 0.5) is 0 Å². The van der Waals surface area contributed by atoms with Crippen molar-refractivity contribution in [3.63, 3.8) is 0 Å². The number of ether oxygens (including phenoxy) is 2. The van der Waals surface area contributed by atoms with Crippen molar-refractivity contribution in [2.24, 2.45) is 11.8 Å². The van der Waals surface area contributed by atoms with Crippen LogP contribution in [0.15, 0.2) is 0 Å². The number of aliphatic hydroxyl groups is 2. The summed E-state index contributed by atoms with van der Waals surface area (Å²) in [4.78, 5) is 30.3. The van der Waals surface area contributed by atoms with Crippen LogP contribution >= 0.6 is 0 Å². The Balaban J connectivity index is 4.90. The number of nitrogens with zero attached hydrogens (tertiary/aromatic N) is 2. The van der Waals surface area contributed by atoms with E-state index >= 15 is 0 Å². The van der Waals surface area contributed by atoms with Gasteiger partial charge >= 0.3 is 11.9 Å². The van der Waals surface area contributed by atoms with E-state index in [-0.39, 0.29) is 31.3 Å². The summed E-state index contributed by atoms with van der Waals surface area (Å²) in [5.74, 6) is 0.881. The summed E-state index contributed by atoms with van der Waals surface area (Å²) in [5, 5.41) is 19.6. The summed E-state index contributed by atoms with van der Waals surface area (Å²) in [7, 11) is 0. The zero-order valence-corrected chi connectivity index (χ0v) is 40.1. The van der Waals surface area contributed by atoms with Crippen molar-refractivity contribution in [1.29, 1.82) is 0 Å². The Kier molecular flexibility index (Phi) is 43.9. The zero-order valence-electron chi connectivity index (χ0n) is 40.1. The molecule has 0 heterocycles. The van der Waals surface area contributed by atoms with Gasteiger partial charge in [-0.1, -0.05) is 176 Å². The fourth-order valence-electron chi connectivity index (χ4n) is 8.68. The number of esters is 2. The standard InChI is InChI=1S/C51H102N2O6/c1-6-11-15-19-21-27-35-47(33-25-17-13-8-3)45-58-50(56)37-29-23-31-39-52(49(10-5)53(41-43-54)42-44-55)40-32-24-30-38-51(57)59-46-48(34-26-18-14-9-4)36-28-22-20-16-12-7-2/h47-49,54-55H,6-46H2,1-5H3. The molecule has 0 fully saturated rings. The molecule has 0 spiro atoms. The molecule has 0 aromatic heterocycles. The molecule has 3 unspecified atom stereocenters. The maximum absolute atomic E-state index is 12.8. The minimum atomic E-state index is -0.0503. The van der Waals surface area contributed by atoms with Gasteiger partial charge < -0.3 is 19.7 Å². The van der Waals surface area contributed by atoms with Crippen molar-refractivity contribution in [3.8, 4) is 0 Å². The fraction of sp³-hybridized carbons (Fsp3) is 0.961. The highest BCUT2D eigenvalue weighted by molar-refractivity contribution is 5.69. The van der Waals surface area contributed by atoms with Gasteiger partial charge in [0.05, 0.1) is 32.6 Å². The molecule has 0 bridgehead atoms. The largest absolute Gasteiger partial charge is 0.465 e. The lowest BCUT2D eigenvalue weighted by atomic mass is 9.95. The van der Waals surface area contributed by atoms with Gasteiger partial charge in [-0.05, 0) is 82.7 Å². The molecule has 352 valence electrons. The van der Waals surface area contributed by atoms with Crippen LogP contribution in [-0.4, -0.2) is 90.7 Å². The molecule has 0 radical (unpaired) electrons. The predicted molar refractivity (Wildman–Crippen MR) is 251 cm³/mol. The van der Waals surface area contributed by atoms with E-state index in [1.807, 2.05) is 0 Å². The van der Waals surface area contributed by atoms with Gasteiger partial charge in [0, 0.05) is 25.9 Å². The molecule has 0 saturated heterocycles. The topological polar surface area (TPSA) is 99.5 Å². The van der Waals surface area contributed by atoms with Gasteiger partial charge in [-0.2, -0.15) is 0 Å². The molecule has 0 aromatic carbocycles. The lowest BCUT2D eigenvalue weighted by molar-refractivity contribution is -0.146. The molecule has 0 aromatic rings. The third-order valence-corrected chi connectivity index (χ3v) is 12.5. The Hall–Kier alpha value is -1.22. The van der Waals surface area contributed by atoms with E-state index in [1.165, 1.54) is 154 Å². The molecule has 0 aliphatic heterocycles. The first-order valence-corrected chi connectivity index (χ1v) is 25.9. The van der Waals surface area contributed by atoms with E-state index < -0.39 is 0 Å². The predicted octanol–water partition coefficient (Wildman–Crippen LogP) is 13.2. The monoisotopic (exact) mass is 839 g/mol. The SMILES string of the molecule is CCCCCCCCC(CCCCCC)COC(=O)CCCCCN(CCCCCC(=O)OCC(CCCCCC)CCCCCCCC)C(CC)N(CCO)CCO. The maximum Gasteiger partial charge on any atom is 0.305 e. The number of unbranched alkanes of at least 4 members (excludes halogenated alkanes) is 20. The Morgan fingerprint density at radius 3 is 1.05 bits per heavy atom. The third-order valence-electron chi connectivity index (χ3n) is 12.5. The summed E-state index contributed by atoms with van der Waals surface area (Å²) in [5.41, 5.74) is 0. The molecule has 0 aliphatic rings. The molecule has 0 rings (SSSR count). The average Bonchev–Trinajstić information content (AvgIpc) is 3.23. The van der Waals surface area contributed by atoms with Crippen molar-refractivity contribution in [2.75, 3.05) is 52.6 Å². The number of hydrogen-bond donors (Lipinski definition) is 2. The van der Waals surface area contributed by atoms with Crippen LogP contribution in [0.1, 0.15) is 247 Å². The first-order chi connectivity index (χ1) is 28.9. The summed E-state index contributed by atoms with van der Waals surface area (Å²) in [6.45, 7) is 15.4. The van der Waals surface area contributed by atoms with E-state index in [9.17, 15) is 19.8 Å². The second kappa shape index (κ2) is 44.8. The number of aliphatic hydroxyl groups excluding tert-OH is 2. The van der Waals surface area contributed by atoms with Crippen LogP contribution in [0.25, 0.3) is 0 Å². The Bertz CT molecular complexity index is 826. The Morgan fingerprint density at radius 2 is 0.712 bits per heavy atom. The Morgan fingerprint density at radius 1 is 0.407 bits per heavy atom. The van der Waals surface area contributed by atoms with Crippen LogP contribution in [-0.2, 0) is 19.1 Å². The molecule has 3 atom stereocenters. The van der Waals surface area contributed by atoms with Crippen LogP contribution in [0.3, 0.4) is 0 Å². The van der Waals surface area contributed by atoms with Crippen molar-refractivity contribution in [1.82, 2.24) is 9.80 Å². The summed E-state index contributed by atoms with van der Waals surface area (Å²) in [6, 6.07) is 0. The summed E-state index contributed by atoms with van der Waals surface area (Å²) < 4.78 is 11.7. The van der Waals surface area contributed by atoms with Gasteiger partial charge in [0.1, 0.15) is 0 Å². The van der Waals surface area contributed by atoms with Gasteiger partial charge in [0.25, 0.3) is 0 Å². The van der Waals surface area contributed by atoms with Crippen LogP contribution in [0.5, 0.6) is 0 Å². The van der Waals surface area contributed by atoms with Gasteiger partial charge in [-0.15, -0.1) is 0 Å². The lowest BCUT2D eigenvalue weighted by Crippen LogP contribution is -2.50. The third kappa shape index (κ3) is 36.0. The minimum Gasteiger partial charge on any atom is -0.465 e. The first kappa shape index (κ1) is 57.8. The van der Waals surface area contributed by atoms with Crippen molar-refractivity contribution in [3.05, 3.63) is 0 Å². The van der Waals surface area contributed by atoms with Crippen molar-refractivity contribution < 1.29 is 29.3 Å². The molecule has 2 N–H and O–H groups in total. The highest BCUT2D eigenvalue weighted by Gasteiger charge is 2.23. The van der Waals surface area contributed by atoms with E-state index in [4.69, 9.17) is 9.47 Å². The molecule has 0 amide bonds. The molecule has 8 heteroatoms. The van der Waals surface area contributed by atoms with Gasteiger partial charge in [0.15, 0.2) is 0 Å². The van der Waals surface area contributed by atoms with E-state index in [2.05, 4.69) is 44.4 Å². The highest BCUT2D eigenvalue weighted by atomic mass is 16.5. The number of rotatable bonds is 47. The van der Waals surface area contributed by atoms with Gasteiger partial charge in [-0.25, -0.2) is 0 Å². The van der Waals surface area contributed by atoms with Gasteiger partial charge in [-0.3, -0.25) is 19.4 Å².